The van der Waals surface area contributed by atoms with Crippen LogP contribution in [-0.4, -0.2) is 32.7 Å². The number of aryl methyl sites for hydroxylation is 1. The number of carbonyl (C=O) groups excluding carboxylic acids is 2. The number of rotatable bonds is 6. The van der Waals surface area contributed by atoms with Crippen molar-refractivity contribution in [1.29, 1.82) is 0 Å². The first kappa shape index (κ1) is 23.6. The number of nitrogens with one attached hydrogen (secondary N) is 1. The third-order valence-corrected chi connectivity index (χ3v) is 6.45. The highest BCUT2D eigenvalue weighted by Gasteiger charge is 2.28. The minimum atomic E-state index is -0.455. The lowest BCUT2D eigenvalue weighted by molar-refractivity contribution is 0.0948. The molecule has 1 heterocycles. The van der Waals surface area contributed by atoms with E-state index in [1.165, 1.54) is 19.1 Å². The number of nitrogens with zero attached hydrogens (tertiary/aromatic N) is 2. The Morgan fingerprint density at radius 2 is 1.82 bits per heavy atom. The second kappa shape index (κ2) is 9.77. The summed E-state index contributed by atoms with van der Waals surface area (Å²) in [6.07, 6.45) is 2.67. The van der Waals surface area contributed by atoms with Gasteiger partial charge in [0.15, 0.2) is 5.78 Å². The Hall–Kier alpha value is -3.52. The van der Waals surface area contributed by atoms with E-state index in [2.05, 4.69) is 5.32 Å². The zero-order valence-electron chi connectivity index (χ0n) is 19.3. The molecule has 34 heavy (non-hydrogen) atoms. The molecule has 1 aliphatic carbocycles. The second-order valence-corrected chi connectivity index (χ2v) is 8.93. The van der Waals surface area contributed by atoms with E-state index in [9.17, 15) is 19.1 Å². The number of ketones is 1. The van der Waals surface area contributed by atoms with E-state index >= 15 is 0 Å². The van der Waals surface area contributed by atoms with Gasteiger partial charge in [-0.2, -0.15) is 5.10 Å². The number of benzene rings is 2. The summed E-state index contributed by atoms with van der Waals surface area (Å²) in [6, 6.07) is 11.4. The molecule has 0 unspecified atom stereocenters. The van der Waals surface area contributed by atoms with Crippen molar-refractivity contribution in [2.75, 3.05) is 5.73 Å². The fraction of sp³-hybridized carbons (Fsp3) is 0.346. The zero-order valence-corrected chi connectivity index (χ0v) is 19.3. The lowest BCUT2D eigenvalue weighted by Gasteiger charge is -2.24. The van der Waals surface area contributed by atoms with Crippen molar-refractivity contribution in [3.63, 3.8) is 0 Å². The topological polar surface area (TPSA) is 110 Å². The number of aliphatic hydroxyl groups excluding tert-OH is 1. The Morgan fingerprint density at radius 3 is 2.47 bits per heavy atom. The van der Waals surface area contributed by atoms with Gasteiger partial charge in [-0.05, 0) is 68.0 Å². The molecule has 0 bridgehead atoms. The zero-order chi connectivity index (χ0) is 24.4. The minimum Gasteiger partial charge on any atom is -0.395 e. The van der Waals surface area contributed by atoms with Gasteiger partial charge in [0, 0.05) is 24.9 Å². The Labute approximate surface area is 197 Å². The third kappa shape index (κ3) is 4.87. The average molecular weight is 465 g/mol. The summed E-state index contributed by atoms with van der Waals surface area (Å²) in [5, 5.41) is 17.3. The maximum Gasteiger partial charge on any atom is 0.251 e. The van der Waals surface area contributed by atoms with E-state index in [1.807, 2.05) is 24.3 Å². The maximum atomic E-state index is 13.5. The molecular weight excluding hydrogens is 435 g/mol. The number of hydrogen-bond acceptors (Lipinski definition) is 5. The molecule has 2 aromatic carbocycles. The first-order chi connectivity index (χ1) is 16.2. The van der Waals surface area contributed by atoms with Gasteiger partial charge in [-0.3, -0.25) is 9.59 Å². The van der Waals surface area contributed by atoms with E-state index in [1.54, 1.807) is 17.7 Å². The lowest BCUT2D eigenvalue weighted by Crippen LogP contribution is -2.23. The molecule has 178 valence electrons. The van der Waals surface area contributed by atoms with Gasteiger partial charge < -0.3 is 16.2 Å². The van der Waals surface area contributed by atoms with Crippen LogP contribution in [0.25, 0.3) is 5.69 Å². The van der Waals surface area contributed by atoms with Crippen LogP contribution in [0.4, 0.5) is 10.1 Å². The molecule has 0 spiro atoms. The average Bonchev–Trinajstić information content (AvgIpc) is 3.17. The van der Waals surface area contributed by atoms with Gasteiger partial charge in [0.2, 0.25) is 0 Å². The van der Waals surface area contributed by atoms with Gasteiger partial charge >= 0.3 is 0 Å². The lowest BCUT2D eigenvalue weighted by atomic mass is 9.85. The van der Waals surface area contributed by atoms with Crippen molar-refractivity contribution < 1.29 is 19.1 Å². The first-order valence-corrected chi connectivity index (χ1v) is 11.5. The SMILES string of the molecule is CC(=O)c1c(N)c(C2CCC(O)CC2)nn1-c1ccc(CNC(=O)c2cc(F)ccc2C)cc1. The maximum absolute atomic E-state index is 13.5. The number of aromatic nitrogens is 2. The van der Waals surface area contributed by atoms with Crippen molar-refractivity contribution in [2.45, 2.75) is 58.1 Å². The molecular formula is C26H29FN4O3. The van der Waals surface area contributed by atoms with E-state index < -0.39 is 5.82 Å². The fourth-order valence-electron chi connectivity index (χ4n) is 4.49. The highest BCUT2D eigenvalue weighted by Crippen LogP contribution is 2.37. The molecule has 1 amide bonds. The molecule has 4 rings (SSSR count). The molecule has 3 aromatic rings. The first-order valence-electron chi connectivity index (χ1n) is 11.5. The number of aliphatic hydroxyl groups is 1. The smallest absolute Gasteiger partial charge is 0.251 e. The molecule has 4 N–H and O–H groups in total. The van der Waals surface area contributed by atoms with Gasteiger partial charge in [-0.15, -0.1) is 0 Å². The molecule has 0 saturated heterocycles. The van der Waals surface area contributed by atoms with Crippen LogP contribution in [0.1, 0.15) is 76.2 Å². The number of carbonyl (C=O) groups is 2. The van der Waals surface area contributed by atoms with Gasteiger partial charge in [0.05, 0.1) is 23.2 Å². The standard InChI is InChI=1S/C26H29FN4O3/c1-15-3-8-19(27)13-22(15)26(34)29-14-17-4-9-20(10-5-17)31-25(16(2)32)23(28)24(30-31)18-6-11-21(33)12-7-18/h3-5,8-10,13,18,21,33H,6-7,11-12,14,28H2,1-2H3,(H,29,34). The van der Waals surface area contributed by atoms with Gasteiger partial charge in [-0.25, -0.2) is 9.07 Å². The molecule has 0 aliphatic heterocycles. The summed E-state index contributed by atoms with van der Waals surface area (Å²) in [7, 11) is 0. The molecule has 0 atom stereocenters. The number of amides is 1. The highest BCUT2D eigenvalue weighted by molar-refractivity contribution is 5.98. The number of nitrogen functional groups attached to an aromatic ring is 1. The van der Waals surface area contributed by atoms with Crippen LogP contribution in [0.5, 0.6) is 0 Å². The van der Waals surface area contributed by atoms with Crippen molar-refractivity contribution >= 4 is 17.4 Å². The van der Waals surface area contributed by atoms with E-state index in [0.717, 1.165) is 18.4 Å². The summed E-state index contributed by atoms with van der Waals surface area (Å²) in [5.41, 5.74) is 10.4. The molecule has 1 aromatic heterocycles. The van der Waals surface area contributed by atoms with E-state index in [-0.39, 0.29) is 30.3 Å². The quantitative estimate of drug-likeness (QED) is 0.477. The van der Waals surface area contributed by atoms with Crippen LogP contribution in [0.2, 0.25) is 0 Å². The highest BCUT2D eigenvalue weighted by atomic mass is 19.1. The monoisotopic (exact) mass is 464 g/mol. The predicted molar refractivity (Wildman–Crippen MR) is 128 cm³/mol. The second-order valence-electron chi connectivity index (χ2n) is 8.93. The van der Waals surface area contributed by atoms with Crippen molar-refractivity contribution in [3.05, 3.63) is 76.4 Å². The fourth-order valence-corrected chi connectivity index (χ4v) is 4.49. The van der Waals surface area contributed by atoms with Crippen molar-refractivity contribution in [1.82, 2.24) is 15.1 Å². The third-order valence-electron chi connectivity index (χ3n) is 6.45. The number of anilines is 1. The summed E-state index contributed by atoms with van der Waals surface area (Å²) in [6.45, 7) is 3.50. The van der Waals surface area contributed by atoms with E-state index in [4.69, 9.17) is 10.8 Å². The Morgan fingerprint density at radius 1 is 1.15 bits per heavy atom. The van der Waals surface area contributed by atoms with E-state index in [0.29, 0.717) is 46.7 Å². The van der Waals surface area contributed by atoms with Gasteiger partial charge in [0.1, 0.15) is 11.5 Å². The molecule has 7 nitrogen and oxygen atoms in total. The van der Waals surface area contributed by atoms with Crippen LogP contribution >= 0.6 is 0 Å². The number of Topliss-reactive ketones (excluding diaryl/α,β-unsaturated/α-hetero) is 1. The Kier molecular flexibility index (Phi) is 6.79. The van der Waals surface area contributed by atoms with Gasteiger partial charge in [0.25, 0.3) is 5.91 Å². The largest absolute Gasteiger partial charge is 0.395 e. The Bertz CT molecular complexity index is 1210. The number of nitrogens with two attached hydrogens (primary N) is 1. The molecule has 8 heteroatoms. The Balaban J connectivity index is 1.52. The normalized spacial score (nSPS) is 18.0. The summed E-state index contributed by atoms with van der Waals surface area (Å²) in [5.74, 6) is -0.858. The van der Waals surface area contributed by atoms with Crippen LogP contribution in [-0.2, 0) is 6.54 Å². The van der Waals surface area contributed by atoms with Crippen LogP contribution in [0, 0.1) is 12.7 Å². The molecule has 1 saturated carbocycles. The summed E-state index contributed by atoms with van der Waals surface area (Å²) >= 11 is 0. The van der Waals surface area contributed by atoms with Crippen LogP contribution in [0.3, 0.4) is 0 Å². The van der Waals surface area contributed by atoms with Crippen LogP contribution < -0.4 is 11.1 Å². The number of hydrogen-bond donors (Lipinski definition) is 3. The number of halogens is 1. The predicted octanol–water partition coefficient (Wildman–Crippen LogP) is 4.05. The van der Waals surface area contributed by atoms with Gasteiger partial charge in [-0.1, -0.05) is 18.2 Å². The van der Waals surface area contributed by atoms with Crippen molar-refractivity contribution in [2.24, 2.45) is 0 Å². The van der Waals surface area contributed by atoms with Crippen LogP contribution in [0.15, 0.2) is 42.5 Å². The molecule has 1 fully saturated rings. The summed E-state index contributed by atoms with van der Waals surface area (Å²) < 4.78 is 15.1. The minimum absolute atomic E-state index is 0.114. The molecule has 0 radical (unpaired) electrons. The summed E-state index contributed by atoms with van der Waals surface area (Å²) in [4.78, 5) is 24.8. The molecule has 1 aliphatic rings. The van der Waals surface area contributed by atoms with Crippen molar-refractivity contribution in [3.8, 4) is 5.69 Å².